The predicted octanol–water partition coefficient (Wildman–Crippen LogP) is 3.55. The van der Waals surface area contributed by atoms with Gasteiger partial charge in [0, 0.05) is 54.5 Å². The van der Waals surface area contributed by atoms with Crippen molar-refractivity contribution < 1.29 is 26.0 Å². The number of hydrogen-bond donors (Lipinski definition) is 1. The second kappa shape index (κ2) is 9.69. The number of benzene rings is 2. The quantitative estimate of drug-likeness (QED) is 0.493. The average molecular weight is 553 g/mol. The Morgan fingerprint density at radius 3 is 2.56 bits per heavy atom. The number of anilines is 1. The monoisotopic (exact) mass is 552 g/mol. The molecule has 1 unspecified atom stereocenters. The lowest BCUT2D eigenvalue weighted by atomic mass is 9.89. The molecule has 1 saturated heterocycles. The lowest BCUT2D eigenvalue weighted by Crippen LogP contribution is -2.44. The summed E-state index contributed by atoms with van der Waals surface area (Å²) in [5.74, 6) is 0.113. The van der Waals surface area contributed by atoms with Gasteiger partial charge in [-0.05, 0) is 36.6 Å². The smallest absolute Gasteiger partial charge is 0.263 e. The molecule has 2 aliphatic rings. The normalized spacial score (nSPS) is 23.0. The molecule has 1 aromatic heterocycles. The van der Waals surface area contributed by atoms with Crippen LogP contribution in [0.25, 0.3) is 0 Å². The van der Waals surface area contributed by atoms with Crippen LogP contribution in [0.3, 0.4) is 0 Å². The van der Waals surface area contributed by atoms with E-state index in [4.69, 9.17) is 4.74 Å². The zero-order valence-electron chi connectivity index (χ0n) is 19.4. The molecule has 192 valence electrons. The highest BCUT2D eigenvalue weighted by atomic mass is 32.2. The fourth-order valence-corrected chi connectivity index (χ4v) is 7.72. The van der Waals surface area contributed by atoms with Gasteiger partial charge < -0.3 is 4.74 Å². The van der Waals surface area contributed by atoms with E-state index in [1.54, 1.807) is 18.2 Å². The standard InChI is InChI=1S/C23H25FN4O5S3/c1-35(29,30)17-8-10-28(21(12-17)15-2-4-16(24)5-3-15)20-9-11-33-22-13-18(6-7-19(20)22)36(31,32)27-23-25-14-26-34-23/h2-7,13-14,17,20-21H,8-12H2,1H3,(H,25,26,27)/t17-,20?,21+/m1/s1. The van der Waals surface area contributed by atoms with Crippen LogP contribution in [-0.4, -0.2) is 55.8 Å². The number of hydrogen-bond acceptors (Lipinski definition) is 9. The van der Waals surface area contributed by atoms with Crippen LogP contribution in [-0.2, 0) is 19.9 Å². The molecular weight excluding hydrogens is 527 g/mol. The third kappa shape index (κ3) is 5.10. The number of rotatable bonds is 6. The van der Waals surface area contributed by atoms with Crippen molar-refractivity contribution in [2.24, 2.45) is 0 Å². The fraction of sp³-hybridized carbons (Fsp3) is 0.391. The summed E-state index contributed by atoms with van der Waals surface area (Å²) < 4.78 is 76.1. The molecule has 3 aromatic rings. The van der Waals surface area contributed by atoms with Crippen LogP contribution in [0, 0.1) is 5.82 Å². The van der Waals surface area contributed by atoms with Crippen molar-refractivity contribution in [3.63, 3.8) is 0 Å². The number of sulfonamides is 1. The first-order chi connectivity index (χ1) is 17.1. The van der Waals surface area contributed by atoms with Gasteiger partial charge in [-0.3, -0.25) is 9.62 Å². The number of fused-ring (bicyclic) bond motifs is 1. The third-order valence-corrected chi connectivity index (χ3v) is 10.4. The van der Waals surface area contributed by atoms with Crippen LogP contribution < -0.4 is 9.46 Å². The Bertz CT molecular complexity index is 1450. The Hall–Kier alpha value is -2.61. The van der Waals surface area contributed by atoms with Crippen molar-refractivity contribution in [1.29, 1.82) is 0 Å². The molecule has 2 aromatic carbocycles. The molecule has 13 heteroatoms. The van der Waals surface area contributed by atoms with Gasteiger partial charge in [0.15, 0.2) is 0 Å². The van der Waals surface area contributed by atoms with E-state index in [1.165, 1.54) is 36.8 Å². The minimum atomic E-state index is -3.88. The van der Waals surface area contributed by atoms with Crippen LogP contribution in [0.15, 0.2) is 53.7 Å². The van der Waals surface area contributed by atoms with Gasteiger partial charge in [0.2, 0.25) is 5.13 Å². The molecule has 36 heavy (non-hydrogen) atoms. The number of ether oxygens (including phenoxy) is 1. The number of nitrogens with one attached hydrogen (secondary N) is 1. The van der Waals surface area contributed by atoms with Gasteiger partial charge in [0.1, 0.15) is 27.7 Å². The average Bonchev–Trinajstić information content (AvgIpc) is 3.35. The van der Waals surface area contributed by atoms with Crippen LogP contribution in [0.4, 0.5) is 9.52 Å². The molecule has 0 aliphatic carbocycles. The van der Waals surface area contributed by atoms with Gasteiger partial charge in [-0.25, -0.2) is 26.2 Å². The van der Waals surface area contributed by atoms with E-state index in [0.29, 0.717) is 38.2 Å². The number of aromatic nitrogens is 2. The fourth-order valence-electron chi connectivity index (χ4n) is 4.98. The molecule has 0 saturated carbocycles. The van der Waals surface area contributed by atoms with E-state index < -0.39 is 25.1 Å². The molecule has 0 spiro atoms. The first kappa shape index (κ1) is 25.1. The summed E-state index contributed by atoms with van der Waals surface area (Å²) in [5, 5.41) is -0.315. The summed E-state index contributed by atoms with van der Waals surface area (Å²) in [7, 11) is -7.12. The zero-order valence-corrected chi connectivity index (χ0v) is 21.8. The van der Waals surface area contributed by atoms with Gasteiger partial charge >= 0.3 is 0 Å². The van der Waals surface area contributed by atoms with Crippen molar-refractivity contribution in [2.45, 2.75) is 41.5 Å². The number of sulfone groups is 1. The van der Waals surface area contributed by atoms with Gasteiger partial charge in [0.25, 0.3) is 10.0 Å². The van der Waals surface area contributed by atoms with E-state index >= 15 is 0 Å². The zero-order chi connectivity index (χ0) is 25.5. The second-order valence-electron chi connectivity index (χ2n) is 8.99. The first-order valence-corrected chi connectivity index (χ1v) is 15.6. The maximum atomic E-state index is 13.6. The number of piperidine rings is 1. The Labute approximate surface area is 213 Å². The summed E-state index contributed by atoms with van der Waals surface area (Å²) in [4.78, 5) is 6.15. The summed E-state index contributed by atoms with van der Waals surface area (Å²) in [5.41, 5.74) is 1.68. The lowest BCUT2D eigenvalue weighted by Gasteiger charge is -2.45. The van der Waals surface area contributed by atoms with E-state index in [2.05, 4.69) is 19.0 Å². The molecule has 0 radical (unpaired) electrons. The summed E-state index contributed by atoms with van der Waals surface area (Å²) in [6.07, 6.45) is 4.07. The highest BCUT2D eigenvalue weighted by Crippen LogP contribution is 2.45. The molecule has 0 amide bonds. The molecule has 1 fully saturated rings. The van der Waals surface area contributed by atoms with E-state index in [9.17, 15) is 21.2 Å². The Balaban J connectivity index is 1.47. The van der Waals surface area contributed by atoms with Crippen molar-refractivity contribution in [1.82, 2.24) is 14.3 Å². The van der Waals surface area contributed by atoms with E-state index in [1.807, 2.05) is 0 Å². The Morgan fingerprint density at radius 2 is 1.86 bits per heavy atom. The van der Waals surface area contributed by atoms with Gasteiger partial charge in [-0.2, -0.15) is 4.37 Å². The minimum Gasteiger partial charge on any atom is -0.493 e. The van der Waals surface area contributed by atoms with E-state index in [-0.39, 0.29) is 27.9 Å². The molecule has 3 atom stereocenters. The van der Waals surface area contributed by atoms with Gasteiger partial charge in [0.05, 0.1) is 16.8 Å². The minimum absolute atomic E-state index is 0.0444. The highest BCUT2D eigenvalue weighted by molar-refractivity contribution is 7.93. The van der Waals surface area contributed by atoms with Crippen molar-refractivity contribution in [3.05, 3.63) is 65.7 Å². The molecule has 5 rings (SSSR count). The maximum absolute atomic E-state index is 13.6. The van der Waals surface area contributed by atoms with Crippen molar-refractivity contribution in [2.75, 3.05) is 24.1 Å². The Kier molecular flexibility index (Phi) is 6.74. The molecule has 1 N–H and O–H groups in total. The molecule has 0 bridgehead atoms. The molecule has 2 aliphatic heterocycles. The predicted molar refractivity (Wildman–Crippen MR) is 134 cm³/mol. The van der Waals surface area contributed by atoms with Gasteiger partial charge in [-0.15, -0.1) is 0 Å². The first-order valence-electron chi connectivity index (χ1n) is 11.4. The van der Waals surface area contributed by atoms with Crippen LogP contribution in [0.1, 0.15) is 42.5 Å². The summed E-state index contributed by atoms with van der Waals surface area (Å²) >= 11 is 0.938. The van der Waals surface area contributed by atoms with Crippen LogP contribution >= 0.6 is 11.5 Å². The summed E-state index contributed by atoms with van der Waals surface area (Å²) in [6, 6.07) is 10.6. The lowest BCUT2D eigenvalue weighted by molar-refractivity contribution is 0.0680. The SMILES string of the molecule is CS(=O)(=O)[C@@H]1CCN(C2CCOc3cc(S(=O)(=O)Nc4ncns4)ccc32)[C@H](c2ccc(F)cc2)C1. The van der Waals surface area contributed by atoms with Crippen molar-refractivity contribution in [3.8, 4) is 5.75 Å². The third-order valence-electron chi connectivity index (χ3n) is 6.74. The largest absolute Gasteiger partial charge is 0.493 e. The van der Waals surface area contributed by atoms with Gasteiger partial charge in [-0.1, -0.05) is 18.2 Å². The molecular formula is C23H25FN4O5S3. The second-order valence-corrected chi connectivity index (χ2v) is 13.8. The van der Waals surface area contributed by atoms with Crippen molar-refractivity contribution >= 4 is 36.5 Å². The molecule has 9 nitrogen and oxygen atoms in total. The number of nitrogens with zero attached hydrogens (tertiary/aromatic N) is 3. The van der Waals surface area contributed by atoms with Crippen LogP contribution in [0.2, 0.25) is 0 Å². The van der Waals surface area contributed by atoms with Crippen LogP contribution in [0.5, 0.6) is 5.75 Å². The number of halogens is 1. The van der Waals surface area contributed by atoms with E-state index in [0.717, 1.165) is 22.7 Å². The molecule has 3 heterocycles. The topological polar surface area (TPSA) is 119 Å². The maximum Gasteiger partial charge on any atom is 0.263 e. The summed E-state index contributed by atoms with van der Waals surface area (Å²) in [6.45, 7) is 0.912. The number of likely N-dealkylation sites (tertiary alicyclic amines) is 1. The highest BCUT2D eigenvalue weighted by Gasteiger charge is 2.40. The Morgan fingerprint density at radius 1 is 1.08 bits per heavy atom.